The lowest BCUT2D eigenvalue weighted by Crippen LogP contribution is -2.32. The predicted molar refractivity (Wildman–Crippen MR) is 96.0 cm³/mol. The first-order valence-corrected chi connectivity index (χ1v) is 8.28. The summed E-state index contributed by atoms with van der Waals surface area (Å²) in [4.78, 5) is 38.0. The van der Waals surface area contributed by atoms with Crippen molar-refractivity contribution in [3.8, 4) is 0 Å². The molecule has 2 aromatic carbocycles. The molecule has 3 rings (SSSR count). The fourth-order valence-corrected chi connectivity index (χ4v) is 2.95. The molecule has 25 heavy (non-hydrogen) atoms. The zero-order valence-corrected chi connectivity index (χ0v) is 14.7. The Morgan fingerprint density at radius 1 is 1.08 bits per heavy atom. The van der Waals surface area contributed by atoms with Crippen molar-refractivity contribution in [1.82, 2.24) is 4.90 Å². The van der Waals surface area contributed by atoms with Crippen LogP contribution in [0.15, 0.2) is 36.4 Å². The van der Waals surface area contributed by atoms with Crippen LogP contribution in [-0.2, 0) is 4.79 Å². The SMILES string of the molecule is Cc1ccc2c(c1)C(=O)N(CCC(=O)Nc1cccc(Cl)c1C)C2=O. The summed E-state index contributed by atoms with van der Waals surface area (Å²) in [7, 11) is 0. The molecule has 0 atom stereocenters. The van der Waals surface area contributed by atoms with E-state index in [4.69, 9.17) is 11.6 Å². The molecule has 0 saturated carbocycles. The van der Waals surface area contributed by atoms with Crippen LogP contribution in [0.4, 0.5) is 5.69 Å². The minimum atomic E-state index is -0.355. The largest absolute Gasteiger partial charge is 0.326 e. The molecule has 0 aliphatic carbocycles. The predicted octanol–water partition coefficient (Wildman–Crippen LogP) is 3.58. The van der Waals surface area contributed by atoms with E-state index in [1.54, 1.807) is 36.4 Å². The van der Waals surface area contributed by atoms with Gasteiger partial charge in [0.15, 0.2) is 0 Å². The number of carbonyl (C=O) groups is 3. The highest BCUT2D eigenvalue weighted by Crippen LogP contribution is 2.25. The second-order valence-electron chi connectivity index (χ2n) is 6.02. The summed E-state index contributed by atoms with van der Waals surface area (Å²) in [5.41, 5.74) is 3.10. The fourth-order valence-electron chi connectivity index (χ4n) is 2.78. The van der Waals surface area contributed by atoms with Crippen LogP contribution in [0.3, 0.4) is 0 Å². The van der Waals surface area contributed by atoms with Crippen LogP contribution in [0.25, 0.3) is 0 Å². The number of halogens is 1. The molecular formula is C19H17ClN2O3. The molecule has 2 aromatic rings. The first kappa shape index (κ1) is 17.2. The van der Waals surface area contributed by atoms with Crippen molar-refractivity contribution < 1.29 is 14.4 Å². The molecule has 0 bridgehead atoms. The van der Waals surface area contributed by atoms with Crippen molar-refractivity contribution in [2.24, 2.45) is 0 Å². The van der Waals surface area contributed by atoms with E-state index in [2.05, 4.69) is 5.32 Å². The fraction of sp³-hybridized carbons (Fsp3) is 0.211. The Balaban J connectivity index is 1.66. The second kappa shape index (κ2) is 6.69. The number of anilines is 1. The number of nitrogens with zero attached hydrogens (tertiary/aromatic N) is 1. The van der Waals surface area contributed by atoms with Crippen LogP contribution in [-0.4, -0.2) is 29.2 Å². The summed E-state index contributed by atoms with van der Waals surface area (Å²) < 4.78 is 0. The zero-order chi connectivity index (χ0) is 18.1. The lowest BCUT2D eigenvalue weighted by Gasteiger charge is -2.14. The third kappa shape index (κ3) is 3.28. The van der Waals surface area contributed by atoms with Gasteiger partial charge in [0.1, 0.15) is 0 Å². The van der Waals surface area contributed by atoms with E-state index in [-0.39, 0.29) is 30.7 Å². The Labute approximate surface area is 150 Å². The van der Waals surface area contributed by atoms with E-state index in [1.807, 2.05) is 13.8 Å². The Hall–Kier alpha value is -2.66. The number of fused-ring (bicyclic) bond motifs is 1. The smallest absolute Gasteiger partial charge is 0.261 e. The van der Waals surface area contributed by atoms with Gasteiger partial charge in [-0.2, -0.15) is 0 Å². The van der Waals surface area contributed by atoms with E-state index >= 15 is 0 Å². The number of hydrogen-bond donors (Lipinski definition) is 1. The van der Waals surface area contributed by atoms with Gasteiger partial charge in [-0.1, -0.05) is 29.3 Å². The maximum Gasteiger partial charge on any atom is 0.261 e. The van der Waals surface area contributed by atoms with Gasteiger partial charge in [-0.15, -0.1) is 0 Å². The molecule has 3 amide bonds. The molecule has 6 heteroatoms. The van der Waals surface area contributed by atoms with Gasteiger partial charge in [0.05, 0.1) is 11.1 Å². The van der Waals surface area contributed by atoms with Crippen LogP contribution in [0.1, 0.15) is 38.3 Å². The Morgan fingerprint density at radius 2 is 1.80 bits per heavy atom. The van der Waals surface area contributed by atoms with E-state index in [9.17, 15) is 14.4 Å². The molecule has 128 valence electrons. The van der Waals surface area contributed by atoms with Crippen LogP contribution < -0.4 is 5.32 Å². The average molecular weight is 357 g/mol. The average Bonchev–Trinajstić information content (AvgIpc) is 2.80. The van der Waals surface area contributed by atoms with Crippen LogP contribution >= 0.6 is 11.6 Å². The van der Waals surface area contributed by atoms with Crippen molar-refractivity contribution >= 4 is 35.0 Å². The summed E-state index contributed by atoms with van der Waals surface area (Å²) in [5, 5.41) is 3.33. The van der Waals surface area contributed by atoms with Gasteiger partial charge >= 0.3 is 0 Å². The number of imide groups is 1. The van der Waals surface area contributed by atoms with Crippen molar-refractivity contribution in [3.05, 3.63) is 63.7 Å². The summed E-state index contributed by atoms with van der Waals surface area (Å²) in [6.45, 7) is 3.71. The molecule has 0 aromatic heterocycles. The third-order valence-corrected chi connectivity index (χ3v) is 4.64. The maximum absolute atomic E-state index is 12.4. The lowest BCUT2D eigenvalue weighted by molar-refractivity contribution is -0.116. The summed E-state index contributed by atoms with van der Waals surface area (Å²) >= 11 is 6.03. The first-order chi connectivity index (χ1) is 11.9. The van der Waals surface area contributed by atoms with Crippen molar-refractivity contribution in [1.29, 1.82) is 0 Å². The standard InChI is InChI=1S/C19H17ClN2O3/c1-11-6-7-13-14(10-11)19(25)22(18(13)24)9-8-17(23)21-16-5-3-4-15(20)12(16)2/h3-7,10H,8-9H2,1-2H3,(H,21,23). The van der Waals surface area contributed by atoms with E-state index < -0.39 is 0 Å². The number of carbonyl (C=O) groups excluding carboxylic acids is 3. The molecule has 5 nitrogen and oxygen atoms in total. The third-order valence-electron chi connectivity index (χ3n) is 4.23. The molecule has 0 radical (unpaired) electrons. The quantitative estimate of drug-likeness (QED) is 0.851. The maximum atomic E-state index is 12.4. The monoisotopic (exact) mass is 356 g/mol. The molecular weight excluding hydrogens is 340 g/mol. The van der Waals surface area contributed by atoms with Crippen molar-refractivity contribution in [2.75, 3.05) is 11.9 Å². The molecule has 0 unspecified atom stereocenters. The van der Waals surface area contributed by atoms with Crippen LogP contribution in [0, 0.1) is 13.8 Å². The molecule has 0 spiro atoms. The lowest BCUT2D eigenvalue weighted by atomic mass is 10.1. The van der Waals surface area contributed by atoms with Gasteiger partial charge in [-0.25, -0.2) is 0 Å². The Kier molecular flexibility index (Phi) is 4.59. The number of nitrogens with one attached hydrogen (secondary N) is 1. The molecule has 1 aliphatic rings. The molecule has 0 fully saturated rings. The van der Waals surface area contributed by atoms with Gasteiger partial charge in [0, 0.05) is 23.7 Å². The van der Waals surface area contributed by atoms with Crippen molar-refractivity contribution in [3.63, 3.8) is 0 Å². The number of amides is 3. The zero-order valence-electron chi connectivity index (χ0n) is 13.9. The second-order valence-corrected chi connectivity index (χ2v) is 6.43. The van der Waals surface area contributed by atoms with Gasteiger partial charge in [0.25, 0.3) is 11.8 Å². The van der Waals surface area contributed by atoms with Gasteiger partial charge in [-0.05, 0) is 43.7 Å². The summed E-state index contributed by atoms with van der Waals surface area (Å²) in [6, 6.07) is 10.4. The number of hydrogen-bond acceptors (Lipinski definition) is 3. The van der Waals surface area contributed by atoms with E-state index in [0.29, 0.717) is 21.8 Å². The normalized spacial score (nSPS) is 13.2. The minimum absolute atomic E-state index is 0.0242. The van der Waals surface area contributed by atoms with Crippen molar-refractivity contribution in [2.45, 2.75) is 20.3 Å². The number of rotatable bonds is 4. The summed E-state index contributed by atoms with van der Waals surface area (Å²) in [5.74, 6) is -0.986. The molecule has 1 heterocycles. The van der Waals surface area contributed by atoms with E-state index in [1.165, 1.54) is 0 Å². The van der Waals surface area contributed by atoms with Gasteiger partial charge in [0.2, 0.25) is 5.91 Å². The highest BCUT2D eigenvalue weighted by Gasteiger charge is 2.35. The van der Waals surface area contributed by atoms with Crippen LogP contribution in [0.5, 0.6) is 0 Å². The topological polar surface area (TPSA) is 66.5 Å². The highest BCUT2D eigenvalue weighted by molar-refractivity contribution is 6.31. The first-order valence-electron chi connectivity index (χ1n) is 7.90. The number of aryl methyl sites for hydroxylation is 1. The molecule has 0 saturated heterocycles. The minimum Gasteiger partial charge on any atom is -0.326 e. The highest BCUT2D eigenvalue weighted by atomic mass is 35.5. The molecule has 1 aliphatic heterocycles. The molecule has 1 N–H and O–H groups in total. The van der Waals surface area contributed by atoms with Gasteiger partial charge in [-0.3, -0.25) is 19.3 Å². The summed E-state index contributed by atoms with van der Waals surface area (Å²) in [6.07, 6.45) is 0.0242. The Bertz CT molecular complexity index is 892. The van der Waals surface area contributed by atoms with Gasteiger partial charge < -0.3 is 5.32 Å². The number of benzene rings is 2. The van der Waals surface area contributed by atoms with Crippen LogP contribution in [0.2, 0.25) is 5.02 Å². The van der Waals surface area contributed by atoms with E-state index in [0.717, 1.165) is 16.0 Å². The Morgan fingerprint density at radius 3 is 2.56 bits per heavy atom.